The average Bonchev–Trinajstić information content (AvgIpc) is 3.33. The van der Waals surface area contributed by atoms with Crippen LogP contribution in [0.15, 0.2) is 47.9 Å². The molecular formula is C20H23N7O4. The summed E-state index contributed by atoms with van der Waals surface area (Å²) in [6.07, 6.45) is -0.211. The van der Waals surface area contributed by atoms with E-state index in [1.165, 1.54) is 17.1 Å². The van der Waals surface area contributed by atoms with Crippen LogP contribution < -0.4 is 11.5 Å². The summed E-state index contributed by atoms with van der Waals surface area (Å²) in [5, 5.41) is 29.7. The number of benzene rings is 1. The molecule has 1 aliphatic rings. The van der Waals surface area contributed by atoms with E-state index >= 15 is 0 Å². The number of imidazole rings is 1. The summed E-state index contributed by atoms with van der Waals surface area (Å²) in [5.41, 5.74) is 13.9. The molecule has 31 heavy (non-hydrogen) atoms. The number of aromatic nitrogens is 4. The van der Waals surface area contributed by atoms with Crippen LogP contribution in [0.25, 0.3) is 16.7 Å². The number of nitrogens with two attached hydrogens (primary N) is 2. The average molecular weight is 425 g/mol. The highest BCUT2D eigenvalue weighted by Crippen LogP contribution is 2.32. The Morgan fingerprint density at radius 1 is 1.19 bits per heavy atom. The molecule has 1 aromatic carbocycles. The zero-order valence-electron chi connectivity index (χ0n) is 16.5. The first-order valence-corrected chi connectivity index (χ1v) is 9.62. The summed E-state index contributed by atoms with van der Waals surface area (Å²) in [6.45, 7) is 0.0120. The van der Waals surface area contributed by atoms with Gasteiger partial charge in [0, 0.05) is 12.4 Å². The molecule has 0 bridgehead atoms. The summed E-state index contributed by atoms with van der Waals surface area (Å²) in [6, 6.07) is 9.72. The predicted molar refractivity (Wildman–Crippen MR) is 114 cm³/mol. The Bertz CT molecular complexity index is 1120. The third-order valence-corrected chi connectivity index (χ3v) is 5.02. The van der Waals surface area contributed by atoms with E-state index in [9.17, 15) is 15.3 Å². The van der Waals surface area contributed by atoms with Gasteiger partial charge in [-0.15, -0.1) is 0 Å². The molecule has 7 N–H and O–H groups in total. The van der Waals surface area contributed by atoms with Crippen molar-refractivity contribution in [2.24, 2.45) is 10.7 Å². The summed E-state index contributed by atoms with van der Waals surface area (Å²) in [4.78, 5) is 17.3. The van der Waals surface area contributed by atoms with Crippen molar-refractivity contribution in [1.29, 1.82) is 0 Å². The van der Waals surface area contributed by atoms with Crippen LogP contribution in [0.2, 0.25) is 0 Å². The van der Waals surface area contributed by atoms with Gasteiger partial charge >= 0.3 is 0 Å². The van der Waals surface area contributed by atoms with Crippen LogP contribution >= 0.6 is 0 Å². The highest BCUT2D eigenvalue weighted by Gasteiger charge is 2.44. The lowest BCUT2D eigenvalue weighted by molar-refractivity contribution is -0.0511. The van der Waals surface area contributed by atoms with Gasteiger partial charge in [0.15, 0.2) is 23.5 Å². The molecule has 0 aliphatic carbocycles. The van der Waals surface area contributed by atoms with Crippen LogP contribution in [0.1, 0.15) is 17.6 Å². The topological polar surface area (TPSA) is 178 Å². The highest BCUT2D eigenvalue weighted by atomic mass is 16.6. The number of rotatable bonds is 6. The number of allylic oxidation sites excluding steroid dienone is 1. The lowest BCUT2D eigenvalue weighted by Crippen LogP contribution is -2.33. The lowest BCUT2D eigenvalue weighted by atomic mass is 10.1. The zero-order valence-corrected chi connectivity index (χ0v) is 16.5. The second-order valence-corrected chi connectivity index (χ2v) is 7.06. The zero-order chi connectivity index (χ0) is 22.0. The molecule has 1 saturated heterocycles. The third kappa shape index (κ3) is 3.99. The van der Waals surface area contributed by atoms with E-state index in [0.29, 0.717) is 17.6 Å². The number of hydrogen-bond acceptors (Lipinski definition) is 10. The maximum absolute atomic E-state index is 10.3. The van der Waals surface area contributed by atoms with Gasteiger partial charge in [0.25, 0.3) is 0 Å². The Kier molecular flexibility index (Phi) is 5.91. The van der Waals surface area contributed by atoms with Gasteiger partial charge in [-0.1, -0.05) is 30.3 Å². The van der Waals surface area contributed by atoms with Crippen molar-refractivity contribution in [1.82, 2.24) is 19.5 Å². The minimum atomic E-state index is -1.29. The summed E-state index contributed by atoms with van der Waals surface area (Å²) in [5.74, 6) is 0.333. The van der Waals surface area contributed by atoms with E-state index in [2.05, 4.69) is 19.9 Å². The van der Waals surface area contributed by atoms with Gasteiger partial charge in [0.2, 0.25) is 0 Å². The number of ether oxygens (including phenoxy) is 1. The number of aliphatic hydroxyl groups excluding tert-OH is 3. The van der Waals surface area contributed by atoms with Crippen LogP contribution in [-0.2, 0) is 11.3 Å². The van der Waals surface area contributed by atoms with E-state index in [4.69, 9.17) is 16.2 Å². The predicted octanol–water partition coefficient (Wildman–Crippen LogP) is -0.409. The van der Waals surface area contributed by atoms with Gasteiger partial charge in [-0.3, -0.25) is 9.56 Å². The Labute approximate surface area is 177 Å². The molecule has 0 spiro atoms. The molecule has 3 heterocycles. The van der Waals surface area contributed by atoms with Crippen LogP contribution in [0.3, 0.4) is 0 Å². The van der Waals surface area contributed by atoms with Gasteiger partial charge in [-0.2, -0.15) is 0 Å². The second kappa shape index (κ2) is 8.78. The van der Waals surface area contributed by atoms with Crippen molar-refractivity contribution >= 4 is 28.8 Å². The molecule has 11 nitrogen and oxygen atoms in total. The van der Waals surface area contributed by atoms with Gasteiger partial charge < -0.3 is 31.5 Å². The quantitative estimate of drug-likeness (QED) is 0.328. The van der Waals surface area contributed by atoms with Crippen molar-refractivity contribution < 1.29 is 20.1 Å². The summed E-state index contributed by atoms with van der Waals surface area (Å²) >= 11 is 0. The molecule has 4 atom stereocenters. The second-order valence-electron chi connectivity index (χ2n) is 7.06. The molecule has 2 aromatic heterocycles. The van der Waals surface area contributed by atoms with Crippen molar-refractivity contribution in [3.05, 3.63) is 54.2 Å². The minimum absolute atomic E-state index is 0.112. The molecule has 0 amide bonds. The fourth-order valence-electron chi connectivity index (χ4n) is 3.37. The number of anilines is 1. The maximum atomic E-state index is 10.3. The molecular weight excluding hydrogens is 402 g/mol. The minimum Gasteiger partial charge on any atom is -0.404 e. The molecule has 3 aromatic rings. The van der Waals surface area contributed by atoms with Crippen molar-refractivity contribution in [3.8, 4) is 0 Å². The normalized spacial score (nSPS) is 24.4. The smallest absolute Gasteiger partial charge is 0.168 e. The fraction of sp³-hybridized carbons (Fsp3) is 0.300. The Morgan fingerprint density at radius 2 is 1.97 bits per heavy atom. The Balaban J connectivity index is 1.65. The fourth-order valence-corrected chi connectivity index (χ4v) is 3.37. The van der Waals surface area contributed by atoms with Gasteiger partial charge in [0.1, 0.15) is 23.8 Å². The summed E-state index contributed by atoms with van der Waals surface area (Å²) < 4.78 is 7.01. The maximum Gasteiger partial charge on any atom is 0.168 e. The van der Waals surface area contributed by atoms with E-state index in [1.807, 2.05) is 30.3 Å². The van der Waals surface area contributed by atoms with Crippen LogP contribution in [0, 0.1) is 0 Å². The number of nitrogen functional groups attached to an aromatic ring is 1. The first kappa shape index (κ1) is 20.9. The van der Waals surface area contributed by atoms with E-state index in [0.717, 1.165) is 5.56 Å². The van der Waals surface area contributed by atoms with Crippen LogP contribution in [0.5, 0.6) is 0 Å². The first-order chi connectivity index (χ1) is 15.0. The molecule has 4 rings (SSSR count). The monoisotopic (exact) mass is 425 g/mol. The standard InChI is InChI=1S/C20H23N7O4/c21-6-12(8-23-7-11-4-2-1-3-5-11)18-25-17(22)14-19(26-18)27(10-24-14)20-16(30)15(29)13(9-28)31-20/h1-6,8,10,13,15-16,20,28-30H,7,9,21H2,(H2,22,25,26)/t13-,15-,16-,20?/m1/s1. The Hall–Kier alpha value is -3.38. The third-order valence-electron chi connectivity index (χ3n) is 5.02. The van der Waals surface area contributed by atoms with E-state index in [-0.39, 0.29) is 17.3 Å². The number of aliphatic hydroxyl groups is 3. The van der Waals surface area contributed by atoms with E-state index in [1.54, 1.807) is 6.21 Å². The number of nitrogens with zero attached hydrogens (tertiary/aromatic N) is 5. The van der Waals surface area contributed by atoms with Gasteiger partial charge in [-0.05, 0) is 5.56 Å². The summed E-state index contributed by atoms with van der Waals surface area (Å²) in [7, 11) is 0. The lowest BCUT2D eigenvalue weighted by Gasteiger charge is -2.16. The molecule has 0 radical (unpaired) electrons. The molecule has 1 aliphatic heterocycles. The van der Waals surface area contributed by atoms with E-state index < -0.39 is 31.1 Å². The van der Waals surface area contributed by atoms with Gasteiger partial charge in [-0.25, -0.2) is 15.0 Å². The number of hydrogen-bond donors (Lipinski definition) is 5. The number of aliphatic imine (C=N–C) groups is 1. The van der Waals surface area contributed by atoms with Crippen molar-refractivity contribution in [2.45, 2.75) is 31.1 Å². The molecule has 11 heteroatoms. The van der Waals surface area contributed by atoms with Crippen molar-refractivity contribution in [3.63, 3.8) is 0 Å². The molecule has 162 valence electrons. The Morgan fingerprint density at radius 3 is 2.65 bits per heavy atom. The van der Waals surface area contributed by atoms with Crippen LogP contribution in [0.4, 0.5) is 5.82 Å². The van der Waals surface area contributed by atoms with Gasteiger partial charge in [0.05, 0.1) is 25.1 Å². The molecule has 1 unspecified atom stereocenters. The largest absolute Gasteiger partial charge is 0.404 e. The van der Waals surface area contributed by atoms with Crippen molar-refractivity contribution in [2.75, 3.05) is 12.3 Å². The van der Waals surface area contributed by atoms with Crippen LogP contribution in [-0.4, -0.2) is 66.0 Å². The first-order valence-electron chi connectivity index (χ1n) is 9.62. The molecule has 0 saturated carbocycles. The molecule has 1 fully saturated rings. The highest BCUT2D eigenvalue weighted by molar-refractivity contribution is 6.08. The number of fused-ring (bicyclic) bond motifs is 1. The SMILES string of the molecule is NC=C(C=NCc1ccccc1)c1nc(N)c2ncn(C3O[C@H](CO)[C@@H](O)[C@H]3O)c2n1.